The van der Waals surface area contributed by atoms with Crippen molar-refractivity contribution < 1.29 is 38.7 Å². The molecular formula is C28H40I2N2O8. The molecule has 40 heavy (non-hydrogen) atoms. The highest BCUT2D eigenvalue weighted by molar-refractivity contribution is 14.1. The second-order valence-electron chi connectivity index (χ2n) is 10.5. The molecule has 0 heterocycles. The molecule has 0 fully saturated rings. The van der Waals surface area contributed by atoms with Crippen LogP contribution in [0.4, 0.5) is 9.59 Å². The van der Waals surface area contributed by atoms with E-state index >= 15 is 0 Å². The molecular weight excluding hydrogens is 746 g/mol. The molecule has 0 aliphatic heterocycles. The van der Waals surface area contributed by atoms with Crippen molar-refractivity contribution >= 4 is 57.4 Å². The molecule has 0 saturated heterocycles. The van der Waals surface area contributed by atoms with E-state index in [2.05, 4.69) is 55.8 Å². The van der Waals surface area contributed by atoms with E-state index in [0.29, 0.717) is 50.6 Å². The molecule has 12 heteroatoms. The third-order valence-corrected chi connectivity index (χ3v) is 5.68. The summed E-state index contributed by atoms with van der Waals surface area (Å²) in [4.78, 5) is 23.3. The fourth-order valence-electron chi connectivity index (χ4n) is 2.73. The molecule has 0 aliphatic carbocycles. The van der Waals surface area contributed by atoms with Gasteiger partial charge in [0.25, 0.3) is 0 Å². The van der Waals surface area contributed by atoms with E-state index in [1.165, 1.54) is 12.1 Å². The third kappa shape index (κ3) is 17.4. The van der Waals surface area contributed by atoms with Gasteiger partial charge in [0, 0.05) is 20.2 Å². The highest BCUT2D eigenvalue weighted by atomic mass is 127. The number of hydrogen-bond acceptors (Lipinski definition) is 8. The Morgan fingerprint density at radius 1 is 0.700 bits per heavy atom. The zero-order chi connectivity index (χ0) is 30.3. The average molecular weight is 786 g/mol. The number of ether oxygens (including phenoxy) is 4. The number of hydrogen-bond donors (Lipinski definition) is 4. The zero-order valence-electron chi connectivity index (χ0n) is 23.8. The van der Waals surface area contributed by atoms with Crippen molar-refractivity contribution in [3.8, 4) is 23.0 Å². The van der Waals surface area contributed by atoms with Crippen molar-refractivity contribution in [2.45, 2.75) is 65.6 Å². The normalized spacial score (nSPS) is 11.0. The van der Waals surface area contributed by atoms with Gasteiger partial charge in [-0.2, -0.15) is 0 Å². The Balaban J connectivity index is 0.000000747. The minimum absolute atomic E-state index is 0.0677. The van der Waals surface area contributed by atoms with Crippen LogP contribution in [0, 0.1) is 7.14 Å². The highest BCUT2D eigenvalue weighted by Gasteiger charge is 2.16. The molecule has 4 N–H and O–H groups in total. The first-order chi connectivity index (χ1) is 18.6. The predicted octanol–water partition coefficient (Wildman–Crippen LogP) is 6.58. The first kappa shape index (κ1) is 35.7. The second-order valence-corrected chi connectivity index (χ2v) is 13.0. The molecule has 10 nitrogen and oxygen atoms in total. The minimum atomic E-state index is -0.518. The van der Waals surface area contributed by atoms with Gasteiger partial charge < -0.3 is 39.8 Å². The maximum Gasteiger partial charge on any atom is 0.407 e. The molecule has 0 radical (unpaired) electrons. The van der Waals surface area contributed by atoms with E-state index in [-0.39, 0.29) is 11.5 Å². The fourth-order valence-corrected chi connectivity index (χ4v) is 3.67. The number of phenols is 2. The van der Waals surface area contributed by atoms with Crippen molar-refractivity contribution in [1.29, 1.82) is 0 Å². The lowest BCUT2D eigenvalue weighted by Crippen LogP contribution is -2.33. The Bertz CT molecular complexity index is 1080. The van der Waals surface area contributed by atoms with Crippen molar-refractivity contribution in [1.82, 2.24) is 10.6 Å². The van der Waals surface area contributed by atoms with Crippen LogP contribution in [-0.2, 0) is 9.47 Å². The summed E-state index contributed by atoms with van der Waals surface area (Å²) in [5, 5.41) is 23.0. The standard InChI is InChI=1S/C22H35IN2O6.C6H5IO2/c1-21(2,3)30-19(26)24-11-7-13-28-17-10-9-16(23)15-18(17)29-14-8-12-25-20(27)31-22(4,5)6;7-4-1-2-5(8)6(9)3-4/h9-10,15H,7-8,11-14H2,1-6H3,(H,24,26)(H,25,27);1-3,8-9H. The number of carbonyl (C=O) groups is 2. The number of carbonyl (C=O) groups excluding carboxylic acids is 2. The van der Waals surface area contributed by atoms with Crippen molar-refractivity contribution in [3.05, 3.63) is 43.5 Å². The molecule has 2 aromatic rings. The van der Waals surface area contributed by atoms with Crippen LogP contribution in [0.3, 0.4) is 0 Å². The lowest BCUT2D eigenvalue weighted by molar-refractivity contribution is 0.0513. The number of rotatable bonds is 10. The summed E-state index contributed by atoms with van der Waals surface area (Å²) >= 11 is 4.26. The zero-order valence-corrected chi connectivity index (χ0v) is 28.1. The smallest absolute Gasteiger partial charge is 0.407 e. The van der Waals surface area contributed by atoms with Gasteiger partial charge in [-0.15, -0.1) is 0 Å². The van der Waals surface area contributed by atoms with E-state index in [4.69, 9.17) is 29.2 Å². The Kier molecular flexibility index (Phi) is 15.6. The van der Waals surface area contributed by atoms with Crippen LogP contribution in [0.2, 0.25) is 0 Å². The first-order valence-electron chi connectivity index (χ1n) is 12.7. The topological polar surface area (TPSA) is 136 Å². The lowest BCUT2D eigenvalue weighted by atomic mass is 10.2. The van der Waals surface area contributed by atoms with Crippen molar-refractivity contribution in [2.75, 3.05) is 26.3 Å². The Hall–Kier alpha value is -2.36. The number of benzene rings is 2. The molecule has 0 aromatic heterocycles. The maximum atomic E-state index is 11.6. The van der Waals surface area contributed by atoms with E-state index in [1.54, 1.807) is 6.07 Å². The molecule has 2 rings (SSSR count). The van der Waals surface area contributed by atoms with E-state index in [1.807, 2.05) is 59.7 Å². The van der Waals surface area contributed by atoms with E-state index in [9.17, 15) is 9.59 Å². The molecule has 224 valence electrons. The van der Waals surface area contributed by atoms with Gasteiger partial charge in [0.05, 0.1) is 13.2 Å². The van der Waals surface area contributed by atoms with Gasteiger partial charge in [0.2, 0.25) is 0 Å². The van der Waals surface area contributed by atoms with Crippen LogP contribution in [0.15, 0.2) is 36.4 Å². The number of nitrogens with one attached hydrogen (secondary N) is 2. The van der Waals surface area contributed by atoms with Gasteiger partial charge in [0.1, 0.15) is 11.2 Å². The summed E-state index contributed by atoms with van der Waals surface area (Å²) in [6.45, 7) is 12.7. The summed E-state index contributed by atoms with van der Waals surface area (Å²) in [5.41, 5.74) is -1.04. The summed E-state index contributed by atoms with van der Waals surface area (Å²) in [6.07, 6.45) is 0.380. The quantitative estimate of drug-likeness (QED) is 0.121. The molecule has 0 spiro atoms. The highest BCUT2D eigenvalue weighted by Crippen LogP contribution is 2.29. The van der Waals surface area contributed by atoms with Crippen LogP contribution in [0.25, 0.3) is 0 Å². The average Bonchev–Trinajstić information content (AvgIpc) is 2.80. The number of amides is 2. The first-order valence-corrected chi connectivity index (χ1v) is 14.9. The van der Waals surface area contributed by atoms with Gasteiger partial charge in [-0.3, -0.25) is 0 Å². The summed E-state index contributed by atoms with van der Waals surface area (Å²) in [6, 6.07) is 10.4. The van der Waals surface area contributed by atoms with E-state index in [0.717, 1.165) is 7.14 Å². The van der Waals surface area contributed by atoms with Crippen LogP contribution < -0.4 is 20.1 Å². The van der Waals surface area contributed by atoms with Crippen molar-refractivity contribution in [3.63, 3.8) is 0 Å². The van der Waals surface area contributed by atoms with Gasteiger partial charge in [-0.1, -0.05) is 0 Å². The third-order valence-electron chi connectivity index (χ3n) is 4.34. The Morgan fingerprint density at radius 2 is 1.15 bits per heavy atom. The van der Waals surface area contributed by atoms with Crippen LogP contribution in [0.1, 0.15) is 54.4 Å². The largest absolute Gasteiger partial charge is 0.504 e. The lowest BCUT2D eigenvalue weighted by Gasteiger charge is -2.20. The molecule has 0 saturated carbocycles. The van der Waals surface area contributed by atoms with Crippen LogP contribution in [0.5, 0.6) is 23.0 Å². The molecule has 2 amide bonds. The van der Waals surface area contributed by atoms with Gasteiger partial charge in [-0.05, 0) is 136 Å². The van der Waals surface area contributed by atoms with E-state index < -0.39 is 23.4 Å². The second kappa shape index (κ2) is 17.5. The minimum Gasteiger partial charge on any atom is -0.504 e. The Labute approximate surface area is 263 Å². The fraction of sp³-hybridized carbons (Fsp3) is 0.500. The van der Waals surface area contributed by atoms with Gasteiger partial charge in [0.15, 0.2) is 23.0 Å². The Morgan fingerprint density at radius 3 is 1.60 bits per heavy atom. The summed E-state index contributed by atoms with van der Waals surface area (Å²) in [7, 11) is 0. The van der Waals surface area contributed by atoms with Gasteiger partial charge >= 0.3 is 12.2 Å². The number of aromatic hydroxyl groups is 2. The SMILES string of the molecule is CC(C)(C)OC(=O)NCCCOc1ccc(I)cc1OCCCNC(=O)OC(C)(C)C.Oc1ccc(I)cc1O. The molecule has 0 aliphatic rings. The number of phenolic OH excluding ortho intramolecular Hbond substituents is 2. The molecule has 2 aromatic carbocycles. The monoisotopic (exact) mass is 786 g/mol. The molecule has 0 unspecified atom stereocenters. The van der Waals surface area contributed by atoms with Crippen LogP contribution >= 0.6 is 45.2 Å². The number of halogens is 2. The maximum absolute atomic E-state index is 11.6. The summed E-state index contributed by atoms with van der Waals surface area (Å²) in [5.74, 6) is 1.14. The molecule has 0 atom stereocenters. The van der Waals surface area contributed by atoms with Crippen molar-refractivity contribution in [2.24, 2.45) is 0 Å². The molecule has 0 bridgehead atoms. The summed E-state index contributed by atoms with van der Waals surface area (Å²) < 4.78 is 24.0. The van der Waals surface area contributed by atoms with Gasteiger partial charge in [-0.25, -0.2) is 9.59 Å². The van der Waals surface area contributed by atoms with Crippen LogP contribution in [-0.4, -0.2) is 59.9 Å². The predicted molar refractivity (Wildman–Crippen MR) is 170 cm³/mol. The number of alkyl carbamates (subject to hydrolysis) is 2.